The third-order valence-corrected chi connectivity index (χ3v) is 2.24. The maximum Gasteiger partial charge on any atom is 0.341 e. The monoisotopic (exact) mass is 208 g/mol. The quantitative estimate of drug-likeness (QED) is 0.721. The van der Waals surface area contributed by atoms with E-state index in [9.17, 15) is 9.90 Å². The average Bonchev–Trinajstić information content (AvgIpc) is 2.15. The molecule has 1 N–H and O–H groups in total. The third kappa shape index (κ3) is 2.29. The minimum absolute atomic E-state index is 0.0331. The Morgan fingerprint density at radius 2 is 1.93 bits per heavy atom. The fourth-order valence-electron chi connectivity index (χ4n) is 1.48. The molecule has 0 radical (unpaired) electrons. The number of hydrogen-bond donors (Lipinski definition) is 1. The standard InChI is InChI=1S/C12H16O3/c1-12(2,3)8-6-5-7-9(13)10(8)11(14)15-4/h5-7,13H,1-4H3. The second-order valence-electron chi connectivity index (χ2n) is 4.44. The molecule has 15 heavy (non-hydrogen) atoms. The summed E-state index contributed by atoms with van der Waals surface area (Å²) in [4.78, 5) is 11.5. The number of benzene rings is 1. The van der Waals surface area contributed by atoms with E-state index in [0.717, 1.165) is 5.56 Å². The Bertz CT molecular complexity index is 375. The van der Waals surface area contributed by atoms with Crippen LogP contribution in [0.1, 0.15) is 36.7 Å². The van der Waals surface area contributed by atoms with Gasteiger partial charge in [0, 0.05) is 0 Å². The van der Waals surface area contributed by atoms with Crippen LogP contribution in [0.3, 0.4) is 0 Å². The third-order valence-electron chi connectivity index (χ3n) is 2.24. The maximum atomic E-state index is 11.5. The van der Waals surface area contributed by atoms with Gasteiger partial charge in [0.05, 0.1) is 7.11 Å². The summed E-state index contributed by atoms with van der Waals surface area (Å²) in [5.41, 5.74) is 0.837. The van der Waals surface area contributed by atoms with Crippen LogP contribution in [-0.2, 0) is 10.2 Å². The molecule has 0 aliphatic rings. The van der Waals surface area contributed by atoms with Crippen molar-refractivity contribution in [2.24, 2.45) is 0 Å². The molecule has 0 saturated heterocycles. The van der Waals surface area contributed by atoms with Gasteiger partial charge in [0.15, 0.2) is 0 Å². The lowest BCUT2D eigenvalue weighted by atomic mass is 9.83. The Morgan fingerprint density at radius 1 is 1.33 bits per heavy atom. The number of ether oxygens (including phenoxy) is 1. The summed E-state index contributed by atoms with van der Waals surface area (Å²) in [6.07, 6.45) is 0. The van der Waals surface area contributed by atoms with E-state index in [-0.39, 0.29) is 16.7 Å². The highest BCUT2D eigenvalue weighted by Gasteiger charge is 2.24. The molecule has 1 aromatic rings. The van der Waals surface area contributed by atoms with Crippen LogP contribution in [0.5, 0.6) is 5.75 Å². The van der Waals surface area contributed by atoms with Gasteiger partial charge in [-0.2, -0.15) is 0 Å². The van der Waals surface area contributed by atoms with Crippen molar-refractivity contribution in [1.82, 2.24) is 0 Å². The first-order valence-electron chi connectivity index (χ1n) is 4.78. The Kier molecular flexibility index (Phi) is 3.03. The van der Waals surface area contributed by atoms with E-state index >= 15 is 0 Å². The molecule has 0 aromatic heterocycles. The van der Waals surface area contributed by atoms with E-state index in [1.165, 1.54) is 13.2 Å². The molecule has 0 aliphatic heterocycles. The SMILES string of the molecule is COC(=O)c1c(O)cccc1C(C)(C)C. The summed E-state index contributed by atoms with van der Waals surface area (Å²) in [5.74, 6) is -0.535. The molecule has 0 fully saturated rings. The van der Waals surface area contributed by atoms with E-state index in [1.807, 2.05) is 26.8 Å². The van der Waals surface area contributed by atoms with E-state index in [4.69, 9.17) is 0 Å². The van der Waals surface area contributed by atoms with Crippen molar-refractivity contribution >= 4 is 5.97 Å². The first-order chi connectivity index (χ1) is 6.88. The van der Waals surface area contributed by atoms with Crippen molar-refractivity contribution in [2.45, 2.75) is 26.2 Å². The van der Waals surface area contributed by atoms with Gasteiger partial charge in [-0.1, -0.05) is 32.9 Å². The highest BCUT2D eigenvalue weighted by molar-refractivity contribution is 5.94. The van der Waals surface area contributed by atoms with E-state index in [1.54, 1.807) is 6.07 Å². The normalized spacial score (nSPS) is 11.2. The van der Waals surface area contributed by atoms with Gasteiger partial charge in [-0.05, 0) is 17.0 Å². The van der Waals surface area contributed by atoms with Crippen LogP contribution in [0.4, 0.5) is 0 Å². The molecule has 3 nitrogen and oxygen atoms in total. The number of carbonyl (C=O) groups excluding carboxylic acids is 1. The fraction of sp³-hybridized carbons (Fsp3) is 0.417. The molecule has 1 aromatic carbocycles. The van der Waals surface area contributed by atoms with Crippen LogP contribution in [0.25, 0.3) is 0 Å². The zero-order chi connectivity index (χ0) is 11.6. The number of methoxy groups -OCH3 is 1. The minimum Gasteiger partial charge on any atom is -0.507 e. The van der Waals surface area contributed by atoms with Crippen molar-refractivity contribution in [3.05, 3.63) is 29.3 Å². The van der Waals surface area contributed by atoms with Crippen LogP contribution >= 0.6 is 0 Å². The summed E-state index contributed by atoms with van der Waals surface area (Å²) in [6, 6.07) is 5.04. The zero-order valence-corrected chi connectivity index (χ0v) is 9.50. The molecule has 0 unspecified atom stereocenters. The molecule has 0 spiro atoms. The second kappa shape index (κ2) is 3.93. The first kappa shape index (κ1) is 11.6. The van der Waals surface area contributed by atoms with Gasteiger partial charge in [0.25, 0.3) is 0 Å². The molecule has 0 heterocycles. The summed E-state index contributed by atoms with van der Waals surface area (Å²) in [5, 5.41) is 9.66. The van der Waals surface area contributed by atoms with Crippen molar-refractivity contribution in [3.63, 3.8) is 0 Å². The topological polar surface area (TPSA) is 46.5 Å². The predicted molar refractivity (Wildman–Crippen MR) is 58.1 cm³/mol. The lowest BCUT2D eigenvalue weighted by Crippen LogP contribution is -2.17. The predicted octanol–water partition coefficient (Wildman–Crippen LogP) is 2.48. The summed E-state index contributed by atoms with van der Waals surface area (Å²) < 4.78 is 4.65. The smallest absolute Gasteiger partial charge is 0.341 e. The number of phenols is 1. The number of esters is 1. The molecular formula is C12H16O3. The summed E-state index contributed by atoms with van der Waals surface area (Å²) in [7, 11) is 1.31. The Hall–Kier alpha value is -1.51. The number of phenolic OH excluding ortho intramolecular Hbond substituents is 1. The van der Waals surface area contributed by atoms with Gasteiger partial charge in [-0.3, -0.25) is 0 Å². The van der Waals surface area contributed by atoms with Crippen LogP contribution in [0, 0.1) is 0 Å². The van der Waals surface area contributed by atoms with E-state index in [2.05, 4.69) is 4.74 Å². The molecule has 3 heteroatoms. The highest BCUT2D eigenvalue weighted by Crippen LogP contribution is 2.31. The van der Waals surface area contributed by atoms with Crippen LogP contribution in [-0.4, -0.2) is 18.2 Å². The molecule has 0 saturated carbocycles. The zero-order valence-electron chi connectivity index (χ0n) is 9.50. The number of carbonyl (C=O) groups is 1. The molecular weight excluding hydrogens is 192 g/mol. The number of hydrogen-bond acceptors (Lipinski definition) is 3. The lowest BCUT2D eigenvalue weighted by molar-refractivity contribution is 0.0594. The van der Waals surface area contributed by atoms with Crippen molar-refractivity contribution in [2.75, 3.05) is 7.11 Å². The van der Waals surface area contributed by atoms with Gasteiger partial charge in [0.1, 0.15) is 11.3 Å². The van der Waals surface area contributed by atoms with Crippen molar-refractivity contribution in [3.8, 4) is 5.75 Å². The number of aromatic hydroxyl groups is 1. The molecule has 0 bridgehead atoms. The van der Waals surface area contributed by atoms with Crippen LogP contribution in [0.15, 0.2) is 18.2 Å². The van der Waals surface area contributed by atoms with Gasteiger partial charge in [-0.25, -0.2) is 4.79 Å². The van der Waals surface area contributed by atoms with Gasteiger partial charge in [-0.15, -0.1) is 0 Å². The Morgan fingerprint density at radius 3 is 2.40 bits per heavy atom. The molecule has 0 aliphatic carbocycles. The van der Waals surface area contributed by atoms with Crippen molar-refractivity contribution < 1.29 is 14.6 Å². The van der Waals surface area contributed by atoms with E-state index < -0.39 is 5.97 Å². The highest BCUT2D eigenvalue weighted by atomic mass is 16.5. The van der Waals surface area contributed by atoms with Crippen LogP contribution < -0.4 is 0 Å². The summed E-state index contributed by atoms with van der Waals surface area (Å²) in [6.45, 7) is 5.94. The Balaban J connectivity index is 3.40. The lowest BCUT2D eigenvalue weighted by Gasteiger charge is -2.22. The molecule has 82 valence electrons. The van der Waals surface area contributed by atoms with Gasteiger partial charge < -0.3 is 9.84 Å². The fourth-order valence-corrected chi connectivity index (χ4v) is 1.48. The van der Waals surface area contributed by atoms with Crippen LogP contribution in [0.2, 0.25) is 0 Å². The van der Waals surface area contributed by atoms with Crippen molar-refractivity contribution in [1.29, 1.82) is 0 Å². The molecule has 0 atom stereocenters. The summed E-state index contributed by atoms with van der Waals surface area (Å²) >= 11 is 0. The molecule has 0 amide bonds. The number of rotatable bonds is 1. The average molecular weight is 208 g/mol. The van der Waals surface area contributed by atoms with Gasteiger partial charge >= 0.3 is 5.97 Å². The largest absolute Gasteiger partial charge is 0.507 e. The minimum atomic E-state index is -0.502. The first-order valence-corrected chi connectivity index (χ1v) is 4.78. The maximum absolute atomic E-state index is 11.5. The van der Waals surface area contributed by atoms with E-state index in [0.29, 0.717) is 0 Å². The van der Waals surface area contributed by atoms with Gasteiger partial charge in [0.2, 0.25) is 0 Å². The second-order valence-corrected chi connectivity index (χ2v) is 4.44. The Labute approximate surface area is 89.7 Å². The molecule has 1 rings (SSSR count).